The minimum Gasteiger partial charge on any atom is -0.454 e. The van der Waals surface area contributed by atoms with E-state index in [1.807, 2.05) is 18.2 Å². The molecule has 5 heteroatoms. The molecule has 21 heavy (non-hydrogen) atoms. The fourth-order valence-corrected chi connectivity index (χ4v) is 2.88. The van der Waals surface area contributed by atoms with Crippen LogP contribution in [0.4, 0.5) is 0 Å². The maximum atomic E-state index is 12.0. The van der Waals surface area contributed by atoms with E-state index in [9.17, 15) is 4.79 Å². The van der Waals surface area contributed by atoms with E-state index in [4.69, 9.17) is 9.47 Å². The number of carbonyl (C=O) groups is 1. The van der Waals surface area contributed by atoms with Crippen molar-refractivity contribution >= 4 is 5.91 Å². The monoisotopic (exact) mass is 290 g/mol. The van der Waals surface area contributed by atoms with Crippen LogP contribution in [0.5, 0.6) is 11.5 Å². The molecule has 2 N–H and O–H groups in total. The summed E-state index contributed by atoms with van der Waals surface area (Å²) in [4.78, 5) is 12.0. The van der Waals surface area contributed by atoms with Gasteiger partial charge in [-0.1, -0.05) is 6.07 Å². The molecule has 114 valence electrons. The zero-order valence-electron chi connectivity index (χ0n) is 12.2. The Labute approximate surface area is 125 Å². The smallest absolute Gasteiger partial charge is 0.231 e. The second-order valence-electron chi connectivity index (χ2n) is 5.72. The van der Waals surface area contributed by atoms with E-state index in [0.29, 0.717) is 12.3 Å². The van der Waals surface area contributed by atoms with Crippen LogP contribution >= 0.6 is 0 Å². The van der Waals surface area contributed by atoms with Gasteiger partial charge in [0.25, 0.3) is 0 Å². The Morgan fingerprint density at radius 1 is 1.33 bits per heavy atom. The average molecular weight is 290 g/mol. The van der Waals surface area contributed by atoms with Gasteiger partial charge in [0.05, 0.1) is 6.42 Å². The van der Waals surface area contributed by atoms with Crippen LogP contribution in [0, 0.1) is 5.92 Å². The van der Waals surface area contributed by atoms with Crippen LogP contribution in [0.15, 0.2) is 18.2 Å². The first kappa shape index (κ1) is 14.2. The first-order valence-corrected chi connectivity index (χ1v) is 7.67. The van der Waals surface area contributed by atoms with Gasteiger partial charge in [0.15, 0.2) is 11.5 Å². The molecule has 1 aromatic rings. The highest BCUT2D eigenvalue weighted by Crippen LogP contribution is 2.32. The Morgan fingerprint density at radius 2 is 2.24 bits per heavy atom. The number of amides is 1. The van der Waals surface area contributed by atoms with Crippen molar-refractivity contribution in [1.82, 2.24) is 10.6 Å². The molecule has 2 heterocycles. The van der Waals surface area contributed by atoms with E-state index < -0.39 is 0 Å². The highest BCUT2D eigenvalue weighted by Gasteiger charge is 2.15. The van der Waals surface area contributed by atoms with Crippen molar-refractivity contribution in [2.45, 2.75) is 25.7 Å². The number of benzene rings is 1. The summed E-state index contributed by atoms with van der Waals surface area (Å²) in [5.41, 5.74) is 0.955. The molecule has 1 atom stereocenters. The zero-order chi connectivity index (χ0) is 14.5. The van der Waals surface area contributed by atoms with Gasteiger partial charge in [0.2, 0.25) is 12.7 Å². The van der Waals surface area contributed by atoms with E-state index >= 15 is 0 Å². The summed E-state index contributed by atoms with van der Waals surface area (Å²) in [7, 11) is 0. The quantitative estimate of drug-likeness (QED) is 0.862. The lowest BCUT2D eigenvalue weighted by Crippen LogP contribution is -2.33. The van der Waals surface area contributed by atoms with Gasteiger partial charge >= 0.3 is 0 Å². The van der Waals surface area contributed by atoms with Gasteiger partial charge in [-0.05, 0) is 56.0 Å². The molecule has 0 spiro atoms. The van der Waals surface area contributed by atoms with Crippen LogP contribution in [-0.4, -0.2) is 32.3 Å². The number of carbonyl (C=O) groups excluding carboxylic acids is 1. The van der Waals surface area contributed by atoms with Gasteiger partial charge < -0.3 is 20.1 Å². The molecule has 5 nitrogen and oxygen atoms in total. The molecule has 0 aromatic heterocycles. The molecule has 1 saturated heterocycles. The van der Waals surface area contributed by atoms with Crippen molar-refractivity contribution in [3.05, 3.63) is 23.8 Å². The van der Waals surface area contributed by atoms with Crippen molar-refractivity contribution in [1.29, 1.82) is 0 Å². The lowest BCUT2D eigenvalue weighted by molar-refractivity contribution is -0.120. The largest absolute Gasteiger partial charge is 0.454 e. The van der Waals surface area contributed by atoms with Crippen molar-refractivity contribution < 1.29 is 14.3 Å². The highest BCUT2D eigenvalue weighted by atomic mass is 16.7. The molecule has 2 aliphatic heterocycles. The van der Waals surface area contributed by atoms with Gasteiger partial charge in [0.1, 0.15) is 0 Å². The number of nitrogens with one attached hydrogen (secondary N) is 2. The molecular weight excluding hydrogens is 268 g/mol. The van der Waals surface area contributed by atoms with Crippen LogP contribution in [0.1, 0.15) is 24.8 Å². The summed E-state index contributed by atoms with van der Waals surface area (Å²) >= 11 is 0. The van der Waals surface area contributed by atoms with E-state index in [1.54, 1.807) is 0 Å². The highest BCUT2D eigenvalue weighted by molar-refractivity contribution is 5.78. The molecule has 1 aromatic carbocycles. The number of rotatable bonds is 5. The SMILES string of the molecule is O=C(Cc1ccc2c(c1)OCO2)NCCC1CCCNC1. The average Bonchev–Trinajstić information content (AvgIpc) is 2.96. The standard InChI is InChI=1S/C16H22N2O3/c19-16(18-7-5-12-2-1-6-17-10-12)9-13-3-4-14-15(8-13)21-11-20-14/h3-4,8,12,17H,1-2,5-7,9-11H2,(H,18,19). The van der Waals surface area contributed by atoms with Crippen LogP contribution in [-0.2, 0) is 11.2 Å². The molecule has 0 aliphatic carbocycles. The molecule has 2 aliphatic rings. The van der Waals surface area contributed by atoms with Crippen LogP contribution in [0.25, 0.3) is 0 Å². The first-order valence-electron chi connectivity index (χ1n) is 7.67. The van der Waals surface area contributed by atoms with Crippen LogP contribution in [0.3, 0.4) is 0 Å². The summed E-state index contributed by atoms with van der Waals surface area (Å²) < 4.78 is 10.6. The van der Waals surface area contributed by atoms with E-state index in [-0.39, 0.29) is 12.7 Å². The van der Waals surface area contributed by atoms with E-state index in [1.165, 1.54) is 12.8 Å². The van der Waals surface area contributed by atoms with Crippen molar-refractivity contribution in [2.24, 2.45) is 5.92 Å². The van der Waals surface area contributed by atoms with Crippen molar-refractivity contribution in [3.63, 3.8) is 0 Å². The molecule has 3 rings (SSSR count). The van der Waals surface area contributed by atoms with Crippen molar-refractivity contribution in [2.75, 3.05) is 26.4 Å². The number of fused-ring (bicyclic) bond motifs is 1. The third-order valence-corrected chi connectivity index (χ3v) is 4.08. The molecule has 1 fully saturated rings. The second-order valence-corrected chi connectivity index (χ2v) is 5.72. The Bertz CT molecular complexity index is 498. The van der Waals surface area contributed by atoms with Crippen LogP contribution in [0.2, 0.25) is 0 Å². The number of piperidine rings is 1. The van der Waals surface area contributed by atoms with E-state index in [2.05, 4.69) is 10.6 Å². The topological polar surface area (TPSA) is 59.6 Å². The maximum Gasteiger partial charge on any atom is 0.231 e. The van der Waals surface area contributed by atoms with Gasteiger partial charge in [-0.25, -0.2) is 0 Å². The first-order chi connectivity index (χ1) is 10.3. The number of ether oxygens (including phenoxy) is 2. The summed E-state index contributed by atoms with van der Waals surface area (Å²) in [6.07, 6.45) is 3.96. The summed E-state index contributed by atoms with van der Waals surface area (Å²) in [6, 6.07) is 5.66. The zero-order valence-corrected chi connectivity index (χ0v) is 12.2. The lowest BCUT2D eigenvalue weighted by atomic mass is 9.96. The molecule has 1 unspecified atom stereocenters. The summed E-state index contributed by atoms with van der Waals surface area (Å²) in [5, 5.41) is 6.41. The normalized spacial score (nSPS) is 20.3. The number of hydrogen-bond acceptors (Lipinski definition) is 4. The third kappa shape index (κ3) is 3.88. The fourth-order valence-electron chi connectivity index (χ4n) is 2.88. The van der Waals surface area contributed by atoms with Gasteiger partial charge in [-0.3, -0.25) is 4.79 Å². The Hall–Kier alpha value is -1.75. The number of hydrogen-bond donors (Lipinski definition) is 2. The predicted molar refractivity (Wildman–Crippen MR) is 79.5 cm³/mol. The molecule has 0 bridgehead atoms. The molecule has 1 amide bonds. The summed E-state index contributed by atoms with van der Waals surface area (Å²) in [6.45, 7) is 3.24. The van der Waals surface area contributed by atoms with Crippen LogP contribution < -0.4 is 20.1 Å². The van der Waals surface area contributed by atoms with Gasteiger partial charge in [-0.2, -0.15) is 0 Å². The Kier molecular flexibility index (Phi) is 4.60. The molecular formula is C16H22N2O3. The Morgan fingerprint density at radius 3 is 3.10 bits per heavy atom. The lowest BCUT2D eigenvalue weighted by Gasteiger charge is -2.22. The molecule has 0 radical (unpaired) electrons. The fraction of sp³-hybridized carbons (Fsp3) is 0.562. The minimum atomic E-state index is 0.0673. The Balaban J connectivity index is 1.41. The predicted octanol–water partition coefficient (Wildman–Crippen LogP) is 1.46. The maximum absolute atomic E-state index is 12.0. The third-order valence-electron chi connectivity index (χ3n) is 4.08. The van der Waals surface area contributed by atoms with Gasteiger partial charge in [-0.15, -0.1) is 0 Å². The van der Waals surface area contributed by atoms with E-state index in [0.717, 1.165) is 43.1 Å². The summed E-state index contributed by atoms with van der Waals surface area (Å²) in [5.74, 6) is 2.25. The second kappa shape index (κ2) is 6.80. The molecule has 0 saturated carbocycles. The van der Waals surface area contributed by atoms with Gasteiger partial charge in [0, 0.05) is 6.54 Å². The minimum absolute atomic E-state index is 0.0673. The van der Waals surface area contributed by atoms with Crippen molar-refractivity contribution in [3.8, 4) is 11.5 Å².